The number of hydrogen-bond donors (Lipinski definition) is 2. The van der Waals surface area contributed by atoms with E-state index in [4.69, 9.17) is 9.84 Å². The minimum atomic E-state index is -0.243. The maximum atomic E-state index is 12.2. The van der Waals surface area contributed by atoms with E-state index in [0.29, 0.717) is 25.5 Å². The first-order valence-corrected chi connectivity index (χ1v) is 7.98. The maximum Gasteiger partial charge on any atom is 0.410 e. The van der Waals surface area contributed by atoms with Crippen LogP contribution in [0.5, 0.6) is 0 Å². The van der Waals surface area contributed by atoms with Crippen LogP contribution in [0.2, 0.25) is 0 Å². The van der Waals surface area contributed by atoms with Gasteiger partial charge in [0.1, 0.15) is 6.61 Å². The Balaban J connectivity index is 1.84. The highest BCUT2D eigenvalue weighted by atomic mass is 16.6. The number of amides is 1. The molecule has 5 nitrogen and oxygen atoms in total. The van der Waals surface area contributed by atoms with Crippen molar-refractivity contribution in [1.29, 1.82) is 0 Å². The fourth-order valence-electron chi connectivity index (χ4n) is 3.07. The monoisotopic (exact) mass is 306 g/mol. The average Bonchev–Trinajstić information content (AvgIpc) is 2.58. The Hall–Kier alpha value is -1.59. The first kappa shape index (κ1) is 16.8. The molecule has 122 valence electrons. The Morgan fingerprint density at radius 1 is 1.45 bits per heavy atom. The first-order valence-electron chi connectivity index (χ1n) is 7.98. The lowest BCUT2D eigenvalue weighted by atomic mass is 9.89. The van der Waals surface area contributed by atoms with E-state index < -0.39 is 0 Å². The maximum absolute atomic E-state index is 12.2. The summed E-state index contributed by atoms with van der Waals surface area (Å²) >= 11 is 0. The van der Waals surface area contributed by atoms with Crippen molar-refractivity contribution < 1.29 is 14.6 Å². The van der Waals surface area contributed by atoms with Crippen molar-refractivity contribution in [2.24, 2.45) is 5.92 Å². The second-order valence-electron chi connectivity index (χ2n) is 5.80. The molecule has 2 atom stereocenters. The molecule has 1 heterocycles. The number of nitrogens with one attached hydrogen (secondary N) is 1. The lowest BCUT2D eigenvalue weighted by Crippen LogP contribution is -2.47. The van der Waals surface area contributed by atoms with Crippen molar-refractivity contribution in [3.63, 3.8) is 0 Å². The standard InChI is InChI=1S/C17H26N2O3/c1-18-16(9-11-20)15-8-5-10-19(12-15)17(21)22-13-14-6-3-2-4-7-14/h2-4,6-7,15-16,18,20H,5,8-13H2,1H3/t15-,16-/m0/s1. The zero-order valence-corrected chi connectivity index (χ0v) is 13.2. The van der Waals surface area contributed by atoms with Gasteiger partial charge in [0, 0.05) is 25.7 Å². The quantitative estimate of drug-likeness (QED) is 0.844. The zero-order valence-electron chi connectivity index (χ0n) is 13.2. The lowest BCUT2D eigenvalue weighted by molar-refractivity contribution is 0.0719. The number of nitrogens with zero attached hydrogens (tertiary/aromatic N) is 1. The van der Waals surface area contributed by atoms with Crippen LogP contribution in [0, 0.1) is 5.92 Å². The summed E-state index contributed by atoms with van der Waals surface area (Å²) in [5.41, 5.74) is 0.998. The minimum absolute atomic E-state index is 0.167. The fraction of sp³-hybridized carbons (Fsp3) is 0.588. The van der Waals surface area contributed by atoms with Gasteiger partial charge in [0.25, 0.3) is 0 Å². The van der Waals surface area contributed by atoms with Crippen LogP contribution < -0.4 is 5.32 Å². The number of hydrogen-bond acceptors (Lipinski definition) is 4. The predicted octanol–water partition coefficient (Wildman–Crippen LogP) is 2.01. The normalized spacial score (nSPS) is 19.7. The molecule has 0 aromatic heterocycles. The van der Waals surface area contributed by atoms with Crippen LogP contribution in [-0.4, -0.2) is 48.9 Å². The minimum Gasteiger partial charge on any atom is -0.445 e. The van der Waals surface area contributed by atoms with Gasteiger partial charge in [0.15, 0.2) is 0 Å². The average molecular weight is 306 g/mol. The Labute approximate surface area is 132 Å². The highest BCUT2D eigenvalue weighted by Gasteiger charge is 2.29. The highest BCUT2D eigenvalue weighted by molar-refractivity contribution is 5.67. The fourth-order valence-corrected chi connectivity index (χ4v) is 3.07. The third kappa shape index (κ3) is 4.71. The Bertz CT molecular complexity index is 452. The van der Waals surface area contributed by atoms with Gasteiger partial charge in [-0.05, 0) is 37.8 Å². The molecule has 0 bridgehead atoms. The molecular weight excluding hydrogens is 280 g/mol. The van der Waals surface area contributed by atoms with Gasteiger partial charge in [0.05, 0.1) is 0 Å². The van der Waals surface area contributed by atoms with Gasteiger partial charge < -0.3 is 20.1 Å². The van der Waals surface area contributed by atoms with E-state index in [0.717, 1.165) is 24.9 Å². The SMILES string of the molecule is CN[C@@H](CCO)[C@H]1CCCN(C(=O)OCc2ccccc2)C1. The van der Waals surface area contributed by atoms with Crippen LogP contribution in [0.4, 0.5) is 4.79 Å². The van der Waals surface area contributed by atoms with Crippen molar-refractivity contribution in [2.75, 3.05) is 26.7 Å². The van der Waals surface area contributed by atoms with Crippen LogP contribution in [0.15, 0.2) is 30.3 Å². The molecule has 0 saturated carbocycles. The molecule has 1 amide bonds. The summed E-state index contributed by atoms with van der Waals surface area (Å²) in [6.07, 6.45) is 2.53. The number of benzene rings is 1. The second-order valence-corrected chi connectivity index (χ2v) is 5.80. The van der Waals surface area contributed by atoms with Crippen LogP contribution in [-0.2, 0) is 11.3 Å². The molecule has 0 spiro atoms. The van der Waals surface area contributed by atoms with Gasteiger partial charge in [0.2, 0.25) is 0 Å². The number of aliphatic hydroxyl groups excluding tert-OH is 1. The molecule has 1 aromatic carbocycles. The largest absolute Gasteiger partial charge is 0.445 e. The molecule has 0 aliphatic carbocycles. The molecular formula is C17H26N2O3. The predicted molar refractivity (Wildman–Crippen MR) is 85.5 cm³/mol. The molecule has 1 saturated heterocycles. The van der Waals surface area contributed by atoms with Crippen LogP contribution in [0.1, 0.15) is 24.8 Å². The van der Waals surface area contributed by atoms with Gasteiger partial charge >= 0.3 is 6.09 Å². The summed E-state index contributed by atoms with van der Waals surface area (Å²) in [5, 5.41) is 12.4. The molecule has 0 radical (unpaired) electrons. The summed E-state index contributed by atoms with van der Waals surface area (Å²) < 4.78 is 5.41. The number of likely N-dealkylation sites (tertiary alicyclic amines) is 1. The number of piperidine rings is 1. The number of aliphatic hydroxyl groups is 1. The van der Waals surface area contributed by atoms with E-state index in [-0.39, 0.29) is 18.7 Å². The molecule has 1 aliphatic heterocycles. The summed E-state index contributed by atoms with van der Waals surface area (Å²) in [5.74, 6) is 0.371. The zero-order chi connectivity index (χ0) is 15.8. The summed E-state index contributed by atoms with van der Waals surface area (Å²) in [6.45, 7) is 1.92. The molecule has 1 aliphatic rings. The van der Waals surface area contributed by atoms with E-state index >= 15 is 0 Å². The van der Waals surface area contributed by atoms with Crippen molar-refractivity contribution >= 4 is 6.09 Å². The van der Waals surface area contributed by atoms with E-state index in [1.54, 1.807) is 4.90 Å². The number of rotatable bonds is 6. The van der Waals surface area contributed by atoms with Gasteiger partial charge in [-0.3, -0.25) is 0 Å². The summed E-state index contributed by atoms with van der Waals surface area (Å²) in [4.78, 5) is 14.0. The van der Waals surface area contributed by atoms with Gasteiger partial charge in [-0.15, -0.1) is 0 Å². The highest BCUT2D eigenvalue weighted by Crippen LogP contribution is 2.22. The van der Waals surface area contributed by atoms with Gasteiger partial charge in [-0.2, -0.15) is 0 Å². The lowest BCUT2D eigenvalue weighted by Gasteiger charge is -2.36. The number of ether oxygens (including phenoxy) is 1. The Kier molecular flexibility index (Phi) is 6.68. The van der Waals surface area contributed by atoms with Crippen LogP contribution >= 0.6 is 0 Å². The van der Waals surface area contributed by atoms with E-state index in [2.05, 4.69) is 5.32 Å². The van der Waals surface area contributed by atoms with Crippen LogP contribution in [0.3, 0.4) is 0 Å². The third-order valence-corrected chi connectivity index (χ3v) is 4.30. The first-order chi connectivity index (χ1) is 10.7. The molecule has 5 heteroatoms. The Morgan fingerprint density at radius 3 is 2.91 bits per heavy atom. The summed E-state index contributed by atoms with van der Waals surface area (Å²) in [6, 6.07) is 9.96. The van der Waals surface area contributed by atoms with Crippen molar-refractivity contribution in [3.05, 3.63) is 35.9 Å². The second kappa shape index (κ2) is 8.76. The van der Waals surface area contributed by atoms with Crippen molar-refractivity contribution in [2.45, 2.75) is 31.9 Å². The number of carbonyl (C=O) groups excluding carboxylic acids is 1. The molecule has 0 unspecified atom stereocenters. The van der Waals surface area contributed by atoms with E-state index in [1.807, 2.05) is 37.4 Å². The smallest absolute Gasteiger partial charge is 0.410 e. The van der Waals surface area contributed by atoms with Crippen LogP contribution in [0.25, 0.3) is 0 Å². The number of carbonyl (C=O) groups is 1. The van der Waals surface area contributed by atoms with Crippen molar-refractivity contribution in [1.82, 2.24) is 10.2 Å². The third-order valence-electron chi connectivity index (χ3n) is 4.30. The molecule has 1 fully saturated rings. The van der Waals surface area contributed by atoms with Crippen molar-refractivity contribution in [3.8, 4) is 0 Å². The van der Waals surface area contributed by atoms with E-state index in [9.17, 15) is 4.79 Å². The van der Waals surface area contributed by atoms with E-state index in [1.165, 1.54) is 0 Å². The van der Waals surface area contributed by atoms with Gasteiger partial charge in [-0.25, -0.2) is 4.79 Å². The molecule has 22 heavy (non-hydrogen) atoms. The van der Waals surface area contributed by atoms with Gasteiger partial charge in [-0.1, -0.05) is 30.3 Å². The molecule has 1 aromatic rings. The summed E-state index contributed by atoms with van der Waals surface area (Å²) in [7, 11) is 1.91. The molecule has 2 rings (SSSR count). The Morgan fingerprint density at radius 2 is 2.23 bits per heavy atom. The topological polar surface area (TPSA) is 61.8 Å². The molecule has 2 N–H and O–H groups in total.